The Morgan fingerprint density at radius 2 is 1.58 bits per heavy atom. The molecule has 2 unspecified atom stereocenters. The van der Waals surface area contributed by atoms with Crippen molar-refractivity contribution >= 4 is 80.7 Å². The van der Waals surface area contributed by atoms with Crippen molar-refractivity contribution in [2.45, 2.75) is 18.2 Å². The Bertz CT molecular complexity index is 1160. The fourth-order valence-corrected chi connectivity index (χ4v) is 4.84. The van der Waals surface area contributed by atoms with Crippen LogP contribution in [0.4, 0.5) is 5.69 Å². The lowest BCUT2D eigenvalue weighted by Crippen LogP contribution is -2.36. The highest BCUT2D eigenvalue weighted by Crippen LogP contribution is 2.33. The van der Waals surface area contributed by atoms with Gasteiger partial charge in [0.25, 0.3) is 0 Å². The second-order valence-electron chi connectivity index (χ2n) is 8.06. The minimum Gasteiger partial charge on any atom is -0.382 e. The molecule has 3 aromatic rings. The number of nitrogens with zero attached hydrogens (tertiary/aromatic N) is 2. The maximum atomic E-state index is 6.98. The topological polar surface area (TPSA) is 27.7 Å². The molecule has 192 valence electrons. The van der Waals surface area contributed by atoms with Crippen LogP contribution in [-0.4, -0.2) is 35.1 Å². The lowest BCUT2D eigenvalue weighted by Gasteiger charge is -2.31. The molecule has 0 saturated carbocycles. The molecule has 0 fully saturated rings. The lowest BCUT2D eigenvalue weighted by molar-refractivity contribution is 0.00698. The molecule has 2 atom stereocenters. The number of hydrogen-bond donors (Lipinski definition) is 1. The van der Waals surface area contributed by atoms with E-state index in [9.17, 15) is 0 Å². The maximum Gasteiger partial charge on any atom is 0.135 e. The third kappa shape index (κ3) is 7.84. The van der Waals surface area contributed by atoms with E-state index in [1.165, 1.54) is 0 Å². The van der Waals surface area contributed by atoms with Crippen LogP contribution in [0.1, 0.15) is 17.2 Å². The van der Waals surface area contributed by atoms with E-state index >= 15 is 0 Å². The Kier molecular flexibility index (Phi) is 11.4. The summed E-state index contributed by atoms with van der Waals surface area (Å²) in [5.74, 6) is 0. The highest BCUT2D eigenvalue weighted by molar-refractivity contribution is 8.93. The summed E-state index contributed by atoms with van der Waals surface area (Å²) >= 11 is 31.7. The largest absolute Gasteiger partial charge is 0.382 e. The van der Waals surface area contributed by atoms with E-state index in [0.29, 0.717) is 26.8 Å². The van der Waals surface area contributed by atoms with Gasteiger partial charge in [0, 0.05) is 40.6 Å². The van der Waals surface area contributed by atoms with Gasteiger partial charge in [-0.25, -0.2) is 0 Å². The molecule has 0 amide bonds. The first kappa shape index (κ1) is 29.2. The Labute approximate surface area is 247 Å². The summed E-state index contributed by atoms with van der Waals surface area (Å²) in [7, 11) is 0. The zero-order valence-corrected chi connectivity index (χ0v) is 24.6. The Hall–Kier alpha value is -1.31. The highest BCUT2D eigenvalue weighted by atomic mass is 79.9. The molecule has 1 heterocycles. The minimum atomic E-state index is -0.458. The summed E-state index contributed by atoms with van der Waals surface area (Å²) in [6.45, 7) is 2.44. The smallest absolute Gasteiger partial charge is 0.135 e. The molecule has 0 aliphatic carbocycles. The molecule has 3 aromatic carbocycles. The van der Waals surface area contributed by atoms with Gasteiger partial charge in [0.2, 0.25) is 0 Å². The van der Waals surface area contributed by atoms with Gasteiger partial charge in [0.05, 0.1) is 24.0 Å². The first-order chi connectivity index (χ1) is 16.9. The van der Waals surface area contributed by atoms with Crippen LogP contribution in [0, 0.1) is 0 Å². The van der Waals surface area contributed by atoms with E-state index in [-0.39, 0.29) is 23.6 Å². The fourth-order valence-electron chi connectivity index (χ4n) is 3.71. The Morgan fingerprint density at radius 1 is 0.861 bits per heavy atom. The quantitative estimate of drug-likeness (QED) is 0.175. The molecule has 1 aliphatic heterocycles. The number of hydrogen-bond acceptors (Lipinski definition) is 4. The SMILES string of the molecule is Br.Clc1ccc(C(OCc2ccc(Cl)cc2Cl)C(Cl)N2C=CN(CCNc3ccccc3Cl)C2)cc1. The molecule has 0 radical (unpaired) electrons. The summed E-state index contributed by atoms with van der Waals surface area (Å²) in [5, 5.41) is 5.85. The van der Waals surface area contributed by atoms with Gasteiger partial charge in [-0.05, 0) is 47.5 Å². The van der Waals surface area contributed by atoms with Crippen LogP contribution in [0.25, 0.3) is 0 Å². The monoisotopic (exact) mass is 649 g/mol. The summed E-state index contributed by atoms with van der Waals surface area (Å²) in [5.41, 5.74) is 2.22. The van der Waals surface area contributed by atoms with Crippen molar-refractivity contribution in [1.82, 2.24) is 9.80 Å². The molecule has 0 saturated heterocycles. The van der Waals surface area contributed by atoms with Crippen molar-refractivity contribution in [2.24, 2.45) is 0 Å². The number of anilines is 1. The van der Waals surface area contributed by atoms with Gasteiger partial charge in [0.15, 0.2) is 0 Å². The fraction of sp³-hybridized carbons (Fsp3) is 0.231. The van der Waals surface area contributed by atoms with E-state index in [0.717, 1.165) is 29.9 Å². The summed E-state index contributed by atoms with van der Waals surface area (Å²) in [6, 6.07) is 20.6. The van der Waals surface area contributed by atoms with Crippen LogP contribution in [-0.2, 0) is 11.3 Å². The number of benzene rings is 3. The van der Waals surface area contributed by atoms with Gasteiger partial charge in [-0.2, -0.15) is 0 Å². The van der Waals surface area contributed by atoms with Crippen molar-refractivity contribution in [3.8, 4) is 0 Å². The van der Waals surface area contributed by atoms with E-state index in [2.05, 4.69) is 10.2 Å². The lowest BCUT2D eigenvalue weighted by atomic mass is 10.1. The molecule has 10 heteroatoms. The molecule has 1 aliphatic rings. The highest BCUT2D eigenvalue weighted by Gasteiger charge is 2.29. The average molecular weight is 653 g/mol. The van der Waals surface area contributed by atoms with Gasteiger partial charge < -0.3 is 19.9 Å². The zero-order chi connectivity index (χ0) is 24.8. The molecular weight excluding hydrogens is 627 g/mol. The van der Waals surface area contributed by atoms with Crippen LogP contribution in [0.15, 0.2) is 79.1 Å². The van der Waals surface area contributed by atoms with E-state index in [1.807, 2.05) is 71.9 Å². The summed E-state index contributed by atoms with van der Waals surface area (Å²) < 4.78 is 6.31. The molecule has 0 spiro atoms. The molecule has 0 aromatic heterocycles. The van der Waals surface area contributed by atoms with Gasteiger partial charge in [-0.1, -0.05) is 88.3 Å². The number of ether oxygens (including phenoxy) is 1. The predicted molar refractivity (Wildman–Crippen MR) is 158 cm³/mol. The maximum absolute atomic E-state index is 6.98. The number of rotatable bonds is 10. The van der Waals surface area contributed by atoms with Gasteiger partial charge >= 0.3 is 0 Å². The first-order valence-electron chi connectivity index (χ1n) is 11.0. The van der Waals surface area contributed by atoms with Crippen LogP contribution in [0.3, 0.4) is 0 Å². The average Bonchev–Trinajstić information content (AvgIpc) is 3.31. The molecule has 1 N–H and O–H groups in total. The molecule has 4 nitrogen and oxygen atoms in total. The van der Waals surface area contributed by atoms with Crippen molar-refractivity contribution in [3.63, 3.8) is 0 Å². The number of para-hydroxylation sites is 1. The van der Waals surface area contributed by atoms with E-state index < -0.39 is 11.6 Å². The third-order valence-corrected chi connectivity index (χ3v) is 7.25. The normalized spacial score (nSPS) is 14.5. The molecule has 0 bridgehead atoms. The second-order valence-corrected chi connectivity index (χ2v) is 10.2. The Balaban J connectivity index is 0.00000361. The van der Waals surface area contributed by atoms with Crippen molar-refractivity contribution in [1.29, 1.82) is 0 Å². The third-order valence-electron chi connectivity index (χ3n) is 5.60. The predicted octanol–water partition coefficient (Wildman–Crippen LogP) is 8.86. The van der Waals surface area contributed by atoms with Gasteiger partial charge in [0.1, 0.15) is 11.6 Å². The van der Waals surface area contributed by atoms with E-state index in [1.54, 1.807) is 12.1 Å². The van der Waals surface area contributed by atoms with Crippen LogP contribution in [0.2, 0.25) is 20.1 Å². The number of alkyl halides is 1. The van der Waals surface area contributed by atoms with Crippen molar-refractivity contribution in [3.05, 3.63) is 110 Å². The van der Waals surface area contributed by atoms with Crippen LogP contribution < -0.4 is 5.32 Å². The molecule has 36 heavy (non-hydrogen) atoms. The standard InChI is InChI=1S/C26H24Cl5N3O.BrH/c27-20-8-5-18(6-9-20)25(35-16-19-7-10-21(28)15-23(19)30)26(31)34-14-13-33(17-34)12-11-32-24-4-2-1-3-22(24)29;/h1-10,13-15,25-26,32H,11-12,16-17H2;1H. The van der Waals surface area contributed by atoms with Crippen LogP contribution >= 0.6 is 75.0 Å². The van der Waals surface area contributed by atoms with Crippen molar-refractivity contribution < 1.29 is 4.74 Å². The molecule has 4 rings (SSSR count). The van der Waals surface area contributed by atoms with Crippen molar-refractivity contribution in [2.75, 3.05) is 25.1 Å². The minimum absolute atomic E-state index is 0. The van der Waals surface area contributed by atoms with E-state index in [4.69, 9.17) is 62.7 Å². The second kappa shape index (κ2) is 14.0. The number of nitrogens with one attached hydrogen (secondary N) is 1. The number of halogens is 6. The summed E-state index contributed by atoms with van der Waals surface area (Å²) in [6.07, 6.45) is 3.58. The summed E-state index contributed by atoms with van der Waals surface area (Å²) in [4.78, 5) is 4.22. The zero-order valence-electron chi connectivity index (χ0n) is 19.1. The molecular formula is C26H25BrCl5N3O. The Morgan fingerprint density at radius 3 is 2.31 bits per heavy atom. The van der Waals surface area contributed by atoms with Crippen LogP contribution in [0.5, 0.6) is 0 Å². The van der Waals surface area contributed by atoms with Gasteiger partial charge in [-0.15, -0.1) is 17.0 Å². The van der Waals surface area contributed by atoms with Gasteiger partial charge in [-0.3, -0.25) is 0 Å². The first-order valence-corrected chi connectivity index (χ1v) is 13.0.